The number of unbranched alkanes of at least 4 members (excludes halogenated alkanes) is 1. The van der Waals surface area contributed by atoms with Crippen LogP contribution < -0.4 is 5.32 Å². The first-order chi connectivity index (χ1) is 6.74. The lowest BCUT2D eigenvalue weighted by atomic mass is 9.76. The topological polar surface area (TPSA) is 38.3 Å². The summed E-state index contributed by atoms with van der Waals surface area (Å²) >= 11 is 0. The third kappa shape index (κ3) is 3.66. The number of carbonyl (C=O) groups is 1. The van der Waals surface area contributed by atoms with E-state index in [-0.39, 0.29) is 5.91 Å². The summed E-state index contributed by atoms with van der Waals surface area (Å²) in [5, 5.41) is 2.97. The Labute approximate surface area is 86.2 Å². The summed E-state index contributed by atoms with van der Waals surface area (Å²) in [4.78, 5) is 11.5. The van der Waals surface area contributed by atoms with Crippen LogP contribution in [0.25, 0.3) is 0 Å². The number of hydrogen-bond donors (Lipinski definition) is 1. The fraction of sp³-hybridized carbons (Fsp3) is 0.909. The molecule has 0 atom stereocenters. The molecule has 3 heteroatoms. The fourth-order valence-electron chi connectivity index (χ4n) is 1.84. The molecule has 1 saturated carbocycles. The van der Waals surface area contributed by atoms with Crippen molar-refractivity contribution in [3.63, 3.8) is 0 Å². The van der Waals surface area contributed by atoms with E-state index < -0.39 is 0 Å². The summed E-state index contributed by atoms with van der Waals surface area (Å²) < 4.78 is 4.93. The van der Waals surface area contributed by atoms with Gasteiger partial charge in [-0.3, -0.25) is 4.79 Å². The minimum absolute atomic E-state index is 0.250. The summed E-state index contributed by atoms with van der Waals surface area (Å²) in [6.07, 6.45) is 4.19. The molecule has 1 aliphatic rings. The predicted molar refractivity (Wildman–Crippen MR) is 56.0 cm³/mol. The second-order valence-corrected chi connectivity index (χ2v) is 4.26. The highest BCUT2D eigenvalue weighted by atomic mass is 16.5. The largest absolute Gasteiger partial charge is 0.385 e. The molecule has 0 unspecified atom stereocenters. The van der Waals surface area contributed by atoms with E-state index in [9.17, 15) is 4.79 Å². The van der Waals surface area contributed by atoms with Crippen molar-refractivity contribution in [1.82, 2.24) is 5.32 Å². The van der Waals surface area contributed by atoms with Gasteiger partial charge in [0.05, 0.1) is 0 Å². The van der Waals surface area contributed by atoms with E-state index in [1.165, 1.54) is 0 Å². The van der Waals surface area contributed by atoms with Crippen LogP contribution in [0.4, 0.5) is 0 Å². The van der Waals surface area contributed by atoms with Crippen molar-refractivity contribution < 1.29 is 9.53 Å². The van der Waals surface area contributed by atoms with Gasteiger partial charge in [-0.15, -0.1) is 0 Å². The van der Waals surface area contributed by atoms with Gasteiger partial charge in [-0.25, -0.2) is 0 Å². The highest BCUT2D eigenvalue weighted by Gasteiger charge is 2.30. The number of ether oxygens (including phenoxy) is 1. The Balaban J connectivity index is 1.93. The van der Waals surface area contributed by atoms with Crippen molar-refractivity contribution in [1.29, 1.82) is 0 Å². The molecule has 1 fully saturated rings. The second kappa shape index (κ2) is 6.02. The lowest BCUT2D eigenvalue weighted by molar-refractivity contribution is -0.128. The van der Waals surface area contributed by atoms with E-state index in [1.54, 1.807) is 7.11 Å². The molecule has 3 nitrogen and oxygen atoms in total. The van der Waals surface area contributed by atoms with Gasteiger partial charge in [0.1, 0.15) is 0 Å². The molecule has 0 heterocycles. The van der Waals surface area contributed by atoms with Crippen LogP contribution in [0.3, 0.4) is 0 Å². The molecule has 0 aliphatic heterocycles. The number of nitrogens with one attached hydrogen (secondary N) is 1. The van der Waals surface area contributed by atoms with E-state index in [4.69, 9.17) is 4.74 Å². The quantitative estimate of drug-likeness (QED) is 0.659. The van der Waals surface area contributed by atoms with Crippen LogP contribution in [0, 0.1) is 11.8 Å². The number of hydrogen-bond acceptors (Lipinski definition) is 2. The van der Waals surface area contributed by atoms with E-state index >= 15 is 0 Å². The number of carbonyl (C=O) groups excluding carboxylic acids is 1. The van der Waals surface area contributed by atoms with Gasteiger partial charge in [-0.1, -0.05) is 6.92 Å². The standard InChI is InChI=1S/C11H21NO2/c1-9-7-10(8-9)11(13)12-5-3-4-6-14-2/h9-10H,3-8H2,1-2H3,(H,12,13). The highest BCUT2D eigenvalue weighted by Crippen LogP contribution is 2.32. The van der Waals surface area contributed by atoms with Gasteiger partial charge in [0.15, 0.2) is 0 Å². The molecule has 1 rings (SSSR count). The first-order valence-corrected chi connectivity index (χ1v) is 5.50. The third-order valence-corrected chi connectivity index (χ3v) is 2.82. The van der Waals surface area contributed by atoms with Crippen LogP contribution in [0.2, 0.25) is 0 Å². The van der Waals surface area contributed by atoms with Gasteiger partial charge in [0.2, 0.25) is 5.91 Å². The lowest BCUT2D eigenvalue weighted by Gasteiger charge is -2.31. The van der Waals surface area contributed by atoms with Crippen LogP contribution >= 0.6 is 0 Å². The highest BCUT2D eigenvalue weighted by molar-refractivity contribution is 5.79. The SMILES string of the molecule is COCCCCNC(=O)C1CC(C)C1. The maximum absolute atomic E-state index is 11.5. The van der Waals surface area contributed by atoms with Gasteiger partial charge in [0.25, 0.3) is 0 Å². The zero-order chi connectivity index (χ0) is 10.4. The Morgan fingerprint density at radius 3 is 2.71 bits per heavy atom. The molecule has 0 aromatic heterocycles. The molecule has 0 aromatic rings. The van der Waals surface area contributed by atoms with Gasteiger partial charge in [-0.05, 0) is 31.6 Å². The van der Waals surface area contributed by atoms with Crippen molar-refractivity contribution in [3.8, 4) is 0 Å². The summed E-state index contributed by atoms with van der Waals surface area (Å²) in [5.74, 6) is 1.30. The summed E-state index contributed by atoms with van der Waals surface area (Å²) in [5.41, 5.74) is 0. The van der Waals surface area contributed by atoms with Gasteiger partial charge < -0.3 is 10.1 Å². The van der Waals surface area contributed by atoms with Crippen LogP contribution in [0.15, 0.2) is 0 Å². The molecular weight excluding hydrogens is 178 g/mol. The lowest BCUT2D eigenvalue weighted by Crippen LogP contribution is -2.38. The van der Waals surface area contributed by atoms with Crippen molar-refractivity contribution in [2.75, 3.05) is 20.3 Å². The van der Waals surface area contributed by atoms with Crippen LogP contribution in [-0.2, 0) is 9.53 Å². The first kappa shape index (κ1) is 11.5. The summed E-state index contributed by atoms with van der Waals surface area (Å²) in [6, 6.07) is 0. The fourth-order valence-corrected chi connectivity index (χ4v) is 1.84. The van der Waals surface area contributed by atoms with Gasteiger partial charge in [-0.2, -0.15) is 0 Å². The maximum atomic E-state index is 11.5. The van der Waals surface area contributed by atoms with Crippen molar-refractivity contribution in [2.24, 2.45) is 11.8 Å². The summed E-state index contributed by atoms with van der Waals surface area (Å²) in [7, 11) is 1.70. The van der Waals surface area contributed by atoms with E-state index in [2.05, 4.69) is 12.2 Å². The number of rotatable bonds is 6. The minimum Gasteiger partial charge on any atom is -0.385 e. The molecule has 0 bridgehead atoms. The molecule has 0 aromatic carbocycles. The molecule has 1 N–H and O–H groups in total. The Morgan fingerprint density at radius 2 is 2.14 bits per heavy atom. The van der Waals surface area contributed by atoms with Crippen molar-refractivity contribution in [3.05, 3.63) is 0 Å². The Bertz CT molecular complexity index is 176. The maximum Gasteiger partial charge on any atom is 0.223 e. The molecule has 1 amide bonds. The van der Waals surface area contributed by atoms with Crippen molar-refractivity contribution in [2.45, 2.75) is 32.6 Å². The normalized spacial score (nSPS) is 25.6. The van der Waals surface area contributed by atoms with Crippen molar-refractivity contribution >= 4 is 5.91 Å². The Hall–Kier alpha value is -0.570. The van der Waals surface area contributed by atoms with E-state index in [1.807, 2.05) is 0 Å². The molecule has 0 saturated heterocycles. The number of amides is 1. The molecule has 0 spiro atoms. The first-order valence-electron chi connectivity index (χ1n) is 5.50. The molecular formula is C11H21NO2. The predicted octanol–water partition coefficient (Wildman–Crippen LogP) is 1.58. The number of methoxy groups -OCH3 is 1. The monoisotopic (exact) mass is 199 g/mol. The van der Waals surface area contributed by atoms with E-state index in [0.717, 1.165) is 44.8 Å². The average molecular weight is 199 g/mol. The van der Waals surface area contributed by atoms with Crippen LogP contribution in [-0.4, -0.2) is 26.2 Å². The van der Waals surface area contributed by atoms with Gasteiger partial charge in [0, 0.05) is 26.2 Å². The molecule has 1 aliphatic carbocycles. The second-order valence-electron chi connectivity index (χ2n) is 4.26. The summed E-state index contributed by atoms with van der Waals surface area (Å²) in [6.45, 7) is 3.78. The smallest absolute Gasteiger partial charge is 0.223 e. The zero-order valence-electron chi connectivity index (χ0n) is 9.21. The zero-order valence-corrected chi connectivity index (χ0v) is 9.21. The molecule has 14 heavy (non-hydrogen) atoms. The van der Waals surface area contributed by atoms with Crippen LogP contribution in [0.5, 0.6) is 0 Å². The Morgan fingerprint density at radius 1 is 1.43 bits per heavy atom. The van der Waals surface area contributed by atoms with Gasteiger partial charge >= 0.3 is 0 Å². The molecule has 0 radical (unpaired) electrons. The molecule has 82 valence electrons. The minimum atomic E-state index is 0.250. The third-order valence-electron chi connectivity index (χ3n) is 2.82. The average Bonchev–Trinajstić information content (AvgIpc) is 2.12. The van der Waals surface area contributed by atoms with Crippen LogP contribution in [0.1, 0.15) is 32.6 Å². The Kier molecular flexibility index (Phi) is 4.94. The van der Waals surface area contributed by atoms with E-state index in [0.29, 0.717) is 5.92 Å².